The molecule has 1 aliphatic rings. The average Bonchev–Trinajstić information content (AvgIpc) is 2.77. The summed E-state index contributed by atoms with van der Waals surface area (Å²) in [4.78, 5) is 26.2. The van der Waals surface area contributed by atoms with E-state index >= 15 is 0 Å². The van der Waals surface area contributed by atoms with E-state index in [0.717, 1.165) is 36.8 Å². The molecule has 0 aliphatic heterocycles. The van der Waals surface area contributed by atoms with Crippen LogP contribution in [-0.2, 0) is 9.59 Å². The lowest BCUT2D eigenvalue weighted by Crippen LogP contribution is -2.43. The van der Waals surface area contributed by atoms with Gasteiger partial charge in [-0.15, -0.1) is 0 Å². The van der Waals surface area contributed by atoms with Gasteiger partial charge in [0.25, 0.3) is 0 Å². The van der Waals surface area contributed by atoms with Gasteiger partial charge in [-0.1, -0.05) is 43.4 Å². The predicted octanol–water partition coefficient (Wildman–Crippen LogP) is 4.47. The van der Waals surface area contributed by atoms with E-state index in [1.807, 2.05) is 26.0 Å². The fourth-order valence-electron chi connectivity index (χ4n) is 3.47. The number of amides is 2. The number of anilines is 1. The Kier molecular flexibility index (Phi) is 6.67. The summed E-state index contributed by atoms with van der Waals surface area (Å²) in [5, 5.41) is 3.41. The second kappa shape index (κ2) is 8.52. The van der Waals surface area contributed by atoms with Crippen LogP contribution in [0.2, 0.25) is 5.02 Å². The summed E-state index contributed by atoms with van der Waals surface area (Å²) in [5.41, 5.74) is 2.62. The van der Waals surface area contributed by atoms with Gasteiger partial charge in [0.15, 0.2) is 0 Å². The summed E-state index contributed by atoms with van der Waals surface area (Å²) in [6.07, 6.45) is 6.64. The molecule has 0 aromatic heterocycles. The minimum Gasteiger partial charge on any atom is -0.331 e. The topological polar surface area (TPSA) is 49.4 Å². The molecule has 0 bridgehead atoms. The van der Waals surface area contributed by atoms with Crippen LogP contribution in [0.3, 0.4) is 0 Å². The van der Waals surface area contributed by atoms with Crippen LogP contribution in [0.25, 0.3) is 0 Å². The third-order valence-corrected chi connectivity index (χ3v) is 4.98. The molecule has 1 aromatic rings. The van der Waals surface area contributed by atoms with Gasteiger partial charge in [-0.3, -0.25) is 9.59 Å². The van der Waals surface area contributed by atoms with E-state index in [-0.39, 0.29) is 24.4 Å². The molecular formula is C19H27ClN2O2. The van der Waals surface area contributed by atoms with E-state index in [2.05, 4.69) is 5.32 Å². The summed E-state index contributed by atoms with van der Waals surface area (Å²) < 4.78 is 0. The maximum atomic E-state index is 12.5. The molecule has 0 spiro atoms. The molecule has 5 heteroatoms. The summed E-state index contributed by atoms with van der Waals surface area (Å²) in [5.74, 6) is -0.230. The second-order valence-corrected chi connectivity index (χ2v) is 7.19. The van der Waals surface area contributed by atoms with Crippen LogP contribution in [0.5, 0.6) is 0 Å². The summed E-state index contributed by atoms with van der Waals surface area (Å²) in [7, 11) is 0. The van der Waals surface area contributed by atoms with Crippen LogP contribution in [0.15, 0.2) is 12.1 Å². The minimum atomic E-state index is -0.191. The van der Waals surface area contributed by atoms with E-state index in [1.165, 1.54) is 12.8 Å². The van der Waals surface area contributed by atoms with Crippen LogP contribution < -0.4 is 5.32 Å². The summed E-state index contributed by atoms with van der Waals surface area (Å²) in [6, 6.07) is 3.98. The first kappa shape index (κ1) is 18.8. The van der Waals surface area contributed by atoms with Crippen molar-refractivity contribution in [1.29, 1.82) is 0 Å². The van der Waals surface area contributed by atoms with E-state index < -0.39 is 0 Å². The van der Waals surface area contributed by atoms with Crippen molar-refractivity contribution in [3.05, 3.63) is 28.3 Å². The molecule has 0 heterocycles. The van der Waals surface area contributed by atoms with Crippen molar-refractivity contribution in [2.24, 2.45) is 0 Å². The molecule has 2 rings (SSSR count). The third-order valence-electron chi connectivity index (χ3n) is 4.68. The van der Waals surface area contributed by atoms with Crippen LogP contribution in [0.4, 0.5) is 5.69 Å². The highest BCUT2D eigenvalue weighted by Crippen LogP contribution is 2.27. The fraction of sp³-hybridized carbons (Fsp3) is 0.579. The van der Waals surface area contributed by atoms with Crippen molar-refractivity contribution in [3.8, 4) is 0 Å². The van der Waals surface area contributed by atoms with Crippen molar-refractivity contribution < 1.29 is 9.59 Å². The maximum absolute atomic E-state index is 12.5. The van der Waals surface area contributed by atoms with E-state index in [1.54, 1.807) is 11.8 Å². The molecule has 4 nitrogen and oxygen atoms in total. The number of carbonyl (C=O) groups excluding carboxylic acids is 2. The molecule has 1 N–H and O–H groups in total. The monoisotopic (exact) mass is 350 g/mol. The molecule has 0 unspecified atom stereocenters. The van der Waals surface area contributed by atoms with Gasteiger partial charge >= 0.3 is 0 Å². The number of hydrogen-bond donors (Lipinski definition) is 1. The zero-order valence-electron chi connectivity index (χ0n) is 14.8. The smallest absolute Gasteiger partial charge is 0.244 e. The van der Waals surface area contributed by atoms with E-state index in [0.29, 0.717) is 10.7 Å². The lowest BCUT2D eigenvalue weighted by Gasteiger charge is -2.30. The molecule has 24 heavy (non-hydrogen) atoms. The summed E-state index contributed by atoms with van der Waals surface area (Å²) >= 11 is 6.25. The molecular weight excluding hydrogens is 324 g/mol. The molecule has 0 atom stereocenters. The zero-order valence-corrected chi connectivity index (χ0v) is 15.6. The van der Waals surface area contributed by atoms with Crippen LogP contribution in [0, 0.1) is 13.8 Å². The standard InChI is InChI=1S/C19H27ClN2O2/c1-13-10-14(2)19(17(20)11-13)21-18(24)12-22(15(3)23)16-8-6-4-5-7-9-16/h10-11,16H,4-9,12H2,1-3H3,(H,21,24). The molecule has 0 radical (unpaired) electrons. The number of benzene rings is 1. The molecule has 2 amide bonds. The van der Waals surface area contributed by atoms with Crippen molar-refractivity contribution in [2.45, 2.75) is 65.3 Å². The van der Waals surface area contributed by atoms with Gasteiger partial charge < -0.3 is 10.2 Å². The Morgan fingerprint density at radius 2 is 1.79 bits per heavy atom. The molecule has 1 aromatic carbocycles. The minimum absolute atomic E-state index is 0.0382. The van der Waals surface area contributed by atoms with Crippen LogP contribution >= 0.6 is 11.6 Å². The number of nitrogens with zero attached hydrogens (tertiary/aromatic N) is 1. The quantitative estimate of drug-likeness (QED) is 0.814. The number of rotatable bonds is 4. The Bertz CT molecular complexity index is 584. The normalized spacial score (nSPS) is 15.7. The van der Waals surface area contributed by atoms with Gasteiger partial charge in [0, 0.05) is 13.0 Å². The lowest BCUT2D eigenvalue weighted by molar-refractivity contribution is -0.135. The van der Waals surface area contributed by atoms with Gasteiger partial charge in [0.1, 0.15) is 6.54 Å². The number of nitrogens with one attached hydrogen (secondary N) is 1. The predicted molar refractivity (Wildman–Crippen MR) is 98.4 cm³/mol. The first-order chi connectivity index (χ1) is 11.4. The first-order valence-electron chi connectivity index (χ1n) is 8.72. The first-order valence-corrected chi connectivity index (χ1v) is 9.10. The molecule has 0 saturated heterocycles. The van der Waals surface area contributed by atoms with Crippen LogP contribution in [-0.4, -0.2) is 29.3 Å². The highest BCUT2D eigenvalue weighted by molar-refractivity contribution is 6.34. The highest BCUT2D eigenvalue weighted by atomic mass is 35.5. The number of carbonyl (C=O) groups is 2. The molecule has 1 fully saturated rings. The van der Waals surface area contributed by atoms with Crippen molar-refractivity contribution in [1.82, 2.24) is 4.90 Å². The van der Waals surface area contributed by atoms with Crippen LogP contribution in [0.1, 0.15) is 56.6 Å². The van der Waals surface area contributed by atoms with Gasteiger partial charge in [-0.25, -0.2) is 0 Å². The lowest BCUT2D eigenvalue weighted by atomic mass is 10.1. The van der Waals surface area contributed by atoms with Crippen molar-refractivity contribution in [2.75, 3.05) is 11.9 Å². The molecule has 1 aliphatic carbocycles. The number of hydrogen-bond acceptors (Lipinski definition) is 2. The fourth-order valence-corrected chi connectivity index (χ4v) is 3.84. The zero-order chi connectivity index (χ0) is 17.7. The van der Waals surface area contributed by atoms with E-state index in [4.69, 9.17) is 11.6 Å². The van der Waals surface area contributed by atoms with E-state index in [9.17, 15) is 9.59 Å². The Hall–Kier alpha value is -1.55. The second-order valence-electron chi connectivity index (χ2n) is 6.78. The largest absolute Gasteiger partial charge is 0.331 e. The van der Waals surface area contributed by atoms with Crippen molar-refractivity contribution >= 4 is 29.1 Å². The van der Waals surface area contributed by atoms with Crippen molar-refractivity contribution in [3.63, 3.8) is 0 Å². The maximum Gasteiger partial charge on any atom is 0.244 e. The Morgan fingerprint density at radius 3 is 2.33 bits per heavy atom. The number of halogens is 1. The number of aryl methyl sites for hydroxylation is 2. The summed E-state index contributed by atoms with van der Waals surface area (Å²) in [6.45, 7) is 5.52. The molecule has 132 valence electrons. The van der Waals surface area contributed by atoms with Gasteiger partial charge in [-0.2, -0.15) is 0 Å². The highest BCUT2D eigenvalue weighted by Gasteiger charge is 2.24. The SMILES string of the molecule is CC(=O)N(CC(=O)Nc1c(C)cc(C)cc1Cl)C1CCCCCC1. The molecule has 1 saturated carbocycles. The Morgan fingerprint density at radius 1 is 1.17 bits per heavy atom. The Labute approximate surface area is 149 Å². The third kappa shape index (κ3) is 4.97. The van der Waals surface area contributed by atoms with Gasteiger partial charge in [-0.05, 0) is 43.9 Å². The average molecular weight is 351 g/mol. The van der Waals surface area contributed by atoms with Gasteiger partial charge in [0.05, 0.1) is 10.7 Å². The van der Waals surface area contributed by atoms with Gasteiger partial charge in [0.2, 0.25) is 11.8 Å². The Balaban J connectivity index is 2.07.